The number of pyridine rings is 1. The van der Waals surface area contributed by atoms with Crippen LogP contribution in [-0.2, 0) is 0 Å². The molecule has 1 rings (SSSR count). The van der Waals surface area contributed by atoms with E-state index in [4.69, 9.17) is 0 Å². The molecule has 0 unspecified atom stereocenters. The first-order valence-corrected chi connectivity index (χ1v) is 2.20. The van der Waals surface area contributed by atoms with Crippen LogP contribution in [0.15, 0.2) is 18.5 Å². The van der Waals surface area contributed by atoms with Crippen LogP contribution in [0.2, 0.25) is 0 Å². The zero-order chi connectivity index (χ0) is 5.82. The van der Waals surface area contributed by atoms with Crippen molar-refractivity contribution in [1.29, 1.82) is 0 Å². The van der Waals surface area contributed by atoms with Crippen LogP contribution >= 0.6 is 0 Å². The number of rotatable bonds is 1. The minimum Gasteiger partial charge on any atom is -0.298 e. The fourth-order valence-corrected chi connectivity index (χ4v) is 0.402. The van der Waals surface area contributed by atoms with Crippen LogP contribution in [0, 0.1) is 6.07 Å². The van der Waals surface area contributed by atoms with Crippen molar-refractivity contribution in [3.63, 3.8) is 0 Å². The highest BCUT2D eigenvalue weighted by Gasteiger charge is 1.82. The van der Waals surface area contributed by atoms with Gasteiger partial charge in [-0.05, 0) is 12.1 Å². The van der Waals surface area contributed by atoms with Gasteiger partial charge in [-0.15, -0.1) is 0 Å². The molecule has 0 aliphatic carbocycles. The molecule has 0 aliphatic rings. The molecule has 1 heterocycles. The van der Waals surface area contributed by atoms with Crippen molar-refractivity contribution in [3.8, 4) is 0 Å². The molecule has 0 atom stereocenters. The third kappa shape index (κ3) is 0.904. The Morgan fingerprint density at radius 1 is 1.75 bits per heavy atom. The van der Waals surface area contributed by atoms with Gasteiger partial charge in [0, 0.05) is 18.0 Å². The van der Waals surface area contributed by atoms with E-state index in [1.165, 1.54) is 6.20 Å². The number of aldehydes is 1. The van der Waals surface area contributed by atoms with Crippen molar-refractivity contribution < 1.29 is 4.79 Å². The molecule has 0 amide bonds. The molecular weight excluding hydrogens is 102 g/mol. The van der Waals surface area contributed by atoms with Gasteiger partial charge in [0.15, 0.2) is 6.29 Å². The number of aromatic nitrogens is 1. The normalized spacial score (nSPS) is 8.50. The highest BCUT2D eigenvalue weighted by atomic mass is 16.1. The molecule has 0 saturated carbocycles. The van der Waals surface area contributed by atoms with Gasteiger partial charge in [-0.2, -0.15) is 0 Å². The van der Waals surface area contributed by atoms with E-state index in [0.29, 0.717) is 11.8 Å². The molecule has 1 radical (unpaired) electrons. The van der Waals surface area contributed by atoms with E-state index in [1.807, 2.05) is 0 Å². The number of nitrogens with zero attached hydrogens (tertiary/aromatic N) is 1. The summed E-state index contributed by atoms with van der Waals surface area (Å²) in [5.74, 6) is 0. The minimum atomic E-state index is 0.493. The van der Waals surface area contributed by atoms with Gasteiger partial charge >= 0.3 is 0 Å². The van der Waals surface area contributed by atoms with Crippen molar-refractivity contribution >= 4 is 6.29 Å². The quantitative estimate of drug-likeness (QED) is 0.493. The lowest BCUT2D eigenvalue weighted by atomic mass is 10.3. The lowest BCUT2D eigenvalue weighted by Crippen LogP contribution is -1.78. The van der Waals surface area contributed by atoms with Crippen LogP contribution in [-0.4, -0.2) is 11.3 Å². The lowest BCUT2D eigenvalue weighted by Gasteiger charge is -1.80. The summed E-state index contributed by atoms with van der Waals surface area (Å²) in [6.45, 7) is 0. The lowest BCUT2D eigenvalue weighted by molar-refractivity contribution is 0.112. The summed E-state index contributed by atoms with van der Waals surface area (Å²) in [7, 11) is 0. The molecule has 8 heavy (non-hydrogen) atoms. The molecule has 0 saturated heterocycles. The van der Waals surface area contributed by atoms with E-state index in [1.54, 1.807) is 12.3 Å². The topological polar surface area (TPSA) is 30.0 Å². The zero-order valence-corrected chi connectivity index (χ0v) is 4.16. The number of carbonyl (C=O) groups is 1. The fourth-order valence-electron chi connectivity index (χ4n) is 0.402. The highest BCUT2D eigenvalue weighted by Crippen LogP contribution is 1.86. The summed E-state index contributed by atoms with van der Waals surface area (Å²) in [5.41, 5.74) is 0.493. The predicted octanol–water partition coefficient (Wildman–Crippen LogP) is 0.694. The smallest absolute Gasteiger partial charge is 0.152 e. The maximum atomic E-state index is 9.94. The Hall–Kier alpha value is -1.18. The van der Waals surface area contributed by atoms with Crippen LogP contribution in [0.5, 0.6) is 0 Å². The molecule has 0 N–H and O–H groups in total. The van der Waals surface area contributed by atoms with Crippen molar-refractivity contribution in [3.05, 3.63) is 30.1 Å². The third-order valence-corrected chi connectivity index (χ3v) is 0.751. The Kier molecular flexibility index (Phi) is 1.37. The SMILES string of the molecule is O=Cc1[c]ccnc1. The first-order valence-electron chi connectivity index (χ1n) is 2.20. The second-order valence-corrected chi connectivity index (χ2v) is 1.31. The number of carbonyl (C=O) groups excluding carboxylic acids is 1. The molecule has 0 bridgehead atoms. The van der Waals surface area contributed by atoms with Gasteiger partial charge in [0.1, 0.15) is 0 Å². The van der Waals surface area contributed by atoms with E-state index in [9.17, 15) is 4.79 Å². The zero-order valence-electron chi connectivity index (χ0n) is 4.16. The van der Waals surface area contributed by atoms with E-state index >= 15 is 0 Å². The van der Waals surface area contributed by atoms with Crippen LogP contribution in [0.4, 0.5) is 0 Å². The van der Waals surface area contributed by atoms with E-state index in [0.717, 1.165) is 0 Å². The van der Waals surface area contributed by atoms with Gasteiger partial charge in [-0.3, -0.25) is 9.78 Å². The van der Waals surface area contributed by atoms with E-state index in [2.05, 4.69) is 11.1 Å². The summed E-state index contributed by atoms with van der Waals surface area (Å²) >= 11 is 0. The molecule has 0 fully saturated rings. The maximum Gasteiger partial charge on any atom is 0.152 e. The average Bonchev–Trinajstić information content (AvgIpc) is 1.90. The van der Waals surface area contributed by atoms with Crippen molar-refractivity contribution in [2.45, 2.75) is 0 Å². The third-order valence-electron chi connectivity index (χ3n) is 0.751. The molecule has 2 nitrogen and oxygen atoms in total. The second-order valence-electron chi connectivity index (χ2n) is 1.31. The summed E-state index contributed by atoms with van der Waals surface area (Å²) in [6.07, 6.45) is 3.76. The molecule has 0 aliphatic heterocycles. The van der Waals surface area contributed by atoms with Crippen LogP contribution in [0.25, 0.3) is 0 Å². The molecule has 2 heteroatoms. The van der Waals surface area contributed by atoms with Gasteiger partial charge < -0.3 is 0 Å². The second kappa shape index (κ2) is 2.21. The number of hydrogen-bond acceptors (Lipinski definition) is 2. The Morgan fingerprint density at radius 3 is 3.00 bits per heavy atom. The summed E-state index contributed by atoms with van der Waals surface area (Å²) in [4.78, 5) is 13.6. The van der Waals surface area contributed by atoms with Crippen LogP contribution in [0.1, 0.15) is 10.4 Å². The predicted molar refractivity (Wildman–Crippen MR) is 28.5 cm³/mol. The summed E-state index contributed by atoms with van der Waals surface area (Å²) in [5, 5.41) is 0. The summed E-state index contributed by atoms with van der Waals surface area (Å²) in [6, 6.07) is 4.29. The van der Waals surface area contributed by atoms with Gasteiger partial charge in [0.05, 0.1) is 0 Å². The molecule has 1 aromatic heterocycles. The van der Waals surface area contributed by atoms with Gasteiger partial charge in [0.2, 0.25) is 0 Å². The average molecular weight is 106 g/mol. The molecule has 1 aromatic rings. The minimum absolute atomic E-state index is 0.493. The Morgan fingerprint density at radius 2 is 2.62 bits per heavy atom. The standard InChI is InChI=1S/C6H4NO/c8-5-6-2-1-3-7-4-6/h1,3-5H. The van der Waals surface area contributed by atoms with Gasteiger partial charge in [-0.25, -0.2) is 0 Å². The number of hydrogen-bond donors (Lipinski definition) is 0. The monoisotopic (exact) mass is 106 g/mol. The van der Waals surface area contributed by atoms with Gasteiger partial charge in [0.25, 0.3) is 0 Å². The van der Waals surface area contributed by atoms with Crippen molar-refractivity contribution in [2.24, 2.45) is 0 Å². The maximum absolute atomic E-state index is 9.94. The van der Waals surface area contributed by atoms with Gasteiger partial charge in [-0.1, -0.05) is 0 Å². The molecular formula is C6H4NO. The molecule has 0 aromatic carbocycles. The molecule has 39 valence electrons. The van der Waals surface area contributed by atoms with E-state index in [-0.39, 0.29) is 0 Å². The van der Waals surface area contributed by atoms with Crippen LogP contribution in [0.3, 0.4) is 0 Å². The highest BCUT2D eigenvalue weighted by molar-refractivity contribution is 5.73. The van der Waals surface area contributed by atoms with Crippen molar-refractivity contribution in [1.82, 2.24) is 4.98 Å². The first-order chi connectivity index (χ1) is 3.93. The first kappa shape index (κ1) is 4.97. The Balaban J connectivity index is 2.99. The largest absolute Gasteiger partial charge is 0.298 e. The Labute approximate surface area is 47.2 Å². The van der Waals surface area contributed by atoms with Crippen LogP contribution < -0.4 is 0 Å². The fraction of sp³-hybridized carbons (Fsp3) is 0. The summed E-state index contributed by atoms with van der Waals surface area (Å²) < 4.78 is 0. The molecule has 0 spiro atoms. The van der Waals surface area contributed by atoms with E-state index < -0.39 is 0 Å². The Bertz CT molecular complexity index is 171. The van der Waals surface area contributed by atoms with Crippen molar-refractivity contribution in [2.75, 3.05) is 0 Å².